The maximum atomic E-state index is 2.30. The van der Waals surface area contributed by atoms with Crippen molar-refractivity contribution >= 4 is 23.5 Å². The normalized spacial score (nSPS) is 19.1. The first-order valence-electron chi connectivity index (χ1n) is 5.71. The summed E-state index contributed by atoms with van der Waals surface area (Å²) in [6.07, 6.45) is 0. The van der Waals surface area contributed by atoms with Gasteiger partial charge in [-0.25, -0.2) is 0 Å². The topological polar surface area (TPSA) is 3.24 Å². The van der Waals surface area contributed by atoms with Crippen LogP contribution in [0.25, 0.3) is 0 Å². The highest BCUT2D eigenvalue weighted by Crippen LogP contribution is 2.40. The average Bonchev–Trinajstić information content (AvgIpc) is 2.68. The molecule has 0 bridgehead atoms. The smallest absolute Gasteiger partial charge is 0.0108 e. The second kappa shape index (κ2) is 5.99. The Morgan fingerprint density at radius 3 is 3.00 bits per heavy atom. The first kappa shape index (κ1) is 12.3. The molecule has 1 aliphatic rings. The fraction of sp³-hybridized carbons (Fsp3) is 0.538. The first-order chi connectivity index (χ1) is 7.77. The molecule has 1 unspecified atom stereocenters. The summed E-state index contributed by atoms with van der Waals surface area (Å²) in [5, 5.41) is 0. The Morgan fingerprint density at radius 2 is 2.19 bits per heavy atom. The second-order valence-corrected chi connectivity index (χ2v) is 6.64. The Kier molecular flexibility index (Phi) is 4.62. The number of rotatable bonds is 5. The second-order valence-electron chi connectivity index (χ2n) is 4.42. The monoisotopic (exact) mass is 253 g/mol. The highest BCUT2D eigenvalue weighted by Gasteiger charge is 2.21. The Balaban J connectivity index is 1.80. The Hall–Kier alpha value is -0.120. The highest BCUT2D eigenvalue weighted by atomic mass is 32.2. The summed E-state index contributed by atoms with van der Waals surface area (Å²) in [5.41, 5.74) is 1.57. The van der Waals surface area contributed by atoms with Crippen LogP contribution >= 0.6 is 23.5 Å². The number of hydrogen-bond donors (Lipinski definition) is 0. The van der Waals surface area contributed by atoms with Gasteiger partial charge in [-0.05, 0) is 25.7 Å². The molecule has 1 aromatic carbocycles. The molecule has 1 heterocycles. The minimum atomic E-state index is 0.772. The molecule has 0 fully saturated rings. The van der Waals surface area contributed by atoms with Gasteiger partial charge in [-0.3, -0.25) is 0 Å². The van der Waals surface area contributed by atoms with Crippen molar-refractivity contribution in [3.63, 3.8) is 0 Å². The lowest BCUT2D eigenvalue weighted by Crippen LogP contribution is -2.15. The standard InChI is InChI=1S/C13H19NS2/c1-14(2)7-8-15-9-11-10-16-13-6-4-3-5-12(11)13/h3-6,11H,7-10H2,1-2H3. The average molecular weight is 253 g/mol. The van der Waals surface area contributed by atoms with Crippen molar-refractivity contribution in [2.24, 2.45) is 0 Å². The summed E-state index contributed by atoms with van der Waals surface area (Å²) < 4.78 is 0. The molecule has 0 saturated heterocycles. The Bertz CT molecular complexity index is 338. The molecule has 1 nitrogen and oxygen atoms in total. The summed E-state index contributed by atoms with van der Waals surface area (Å²) in [6.45, 7) is 1.19. The van der Waals surface area contributed by atoms with E-state index in [9.17, 15) is 0 Å². The van der Waals surface area contributed by atoms with Gasteiger partial charge in [0, 0.05) is 34.6 Å². The predicted molar refractivity (Wildman–Crippen MR) is 75.8 cm³/mol. The Labute approximate surface area is 107 Å². The van der Waals surface area contributed by atoms with Crippen molar-refractivity contribution in [1.82, 2.24) is 4.90 Å². The molecular weight excluding hydrogens is 234 g/mol. The number of nitrogens with zero attached hydrogens (tertiary/aromatic N) is 1. The van der Waals surface area contributed by atoms with Crippen LogP contribution in [0.2, 0.25) is 0 Å². The zero-order chi connectivity index (χ0) is 11.4. The SMILES string of the molecule is CN(C)CCSCC1CSc2ccccc21. The maximum Gasteiger partial charge on any atom is 0.0108 e. The van der Waals surface area contributed by atoms with E-state index in [1.807, 2.05) is 11.8 Å². The van der Waals surface area contributed by atoms with Crippen LogP contribution in [-0.2, 0) is 0 Å². The fourth-order valence-electron chi connectivity index (χ4n) is 1.84. The largest absolute Gasteiger partial charge is 0.309 e. The molecular formula is C13H19NS2. The van der Waals surface area contributed by atoms with E-state index in [0.717, 1.165) is 5.92 Å². The van der Waals surface area contributed by atoms with Crippen LogP contribution < -0.4 is 0 Å². The van der Waals surface area contributed by atoms with Gasteiger partial charge in [0.05, 0.1) is 0 Å². The van der Waals surface area contributed by atoms with Crippen LogP contribution in [-0.4, -0.2) is 42.8 Å². The van der Waals surface area contributed by atoms with Crippen molar-refractivity contribution in [3.8, 4) is 0 Å². The van der Waals surface area contributed by atoms with Crippen LogP contribution in [0.1, 0.15) is 11.5 Å². The van der Waals surface area contributed by atoms with Crippen LogP contribution in [0.5, 0.6) is 0 Å². The summed E-state index contributed by atoms with van der Waals surface area (Å²) in [6, 6.07) is 8.87. The first-order valence-corrected chi connectivity index (χ1v) is 7.85. The predicted octanol–water partition coefficient (Wildman–Crippen LogP) is 3.17. The summed E-state index contributed by atoms with van der Waals surface area (Å²) in [5.74, 6) is 4.57. The Morgan fingerprint density at radius 1 is 1.38 bits per heavy atom. The van der Waals surface area contributed by atoms with Gasteiger partial charge in [-0.15, -0.1) is 11.8 Å². The van der Waals surface area contributed by atoms with E-state index in [4.69, 9.17) is 0 Å². The third-order valence-corrected chi connectivity index (χ3v) is 5.16. The van der Waals surface area contributed by atoms with E-state index in [0.29, 0.717) is 0 Å². The minimum Gasteiger partial charge on any atom is -0.309 e. The van der Waals surface area contributed by atoms with Crippen LogP contribution in [0.15, 0.2) is 29.2 Å². The molecule has 0 saturated carbocycles. The molecule has 16 heavy (non-hydrogen) atoms. The molecule has 0 radical (unpaired) electrons. The quantitative estimate of drug-likeness (QED) is 0.742. The molecule has 0 aliphatic carbocycles. The zero-order valence-electron chi connectivity index (χ0n) is 9.98. The van der Waals surface area contributed by atoms with Gasteiger partial charge in [-0.1, -0.05) is 18.2 Å². The molecule has 0 amide bonds. The molecule has 88 valence electrons. The van der Waals surface area contributed by atoms with Gasteiger partial charge in [0.15, 0.2) is 0 Å². The van der Waals surface area contributed by atoms with E-state index in [-0.39, 0.29) is 0 Å². The zero-order valence-corrected chi connectivity index (χ0v) is 11.6. The van der Waals surface area contributed by atoms with E-state index in [1.54, 1.807) is 5.56 Å². The highest BCUT2D eigenvalue weighted by molar-refractivity contribution is 8.00. The van der Waals surface area contributed by atoms with Crippen LogP contribution in [0.4, 0.5) is 0 Å². The summed E-state index contributed by atoms with van der Waals surface area (Å²) in [7, 11) is 4.28. The van der Waals surface area contributed by atoms with Crippen molar-refractivity contribution < 1.29 is 0 Å². The fourth-order valence-corrected chi connectivity index (χ4v) is 4.49. The summed E-state index contributed by atoms with van der Waals surface area (Å²) >= 11 is 4.10. The lowest BCUT2D eigenvalue weighted by Gasteiger charge is -2.12. The van der Waals surface area contributed by atoms with E-state index in [1.165, 1.54) is 28.7 Å². The minimum absolute atomic E-state index is 0.772. The van der Waals surface area contributed by atoms with Gasteiger partial charge >= 0.3 is 0 Å². The molecule has 2 rings (SSSR count). The third kappa shape index (κ3) is 3.19. The maximum absolute atomic E-state index is 2.30. The third-order valence-electron chi connectivity index (χ3n) is 2.80. The van der Waals surface area contributed by atoms with Gasteiger partial charge in [0.2, 0.25) is 0 Å². The van der Waals surface area contributed by atoms with Crippen LogP contribution in [0.3, 0.4) is 0 Å². The van der Waals surface area contributed by atoms with Crippen molar-refractivity contribution in [3.05, 3.63) is 29.8 Å². The van der Waals surface area contributed by atoms with E-state index >= 15 is 0 Å². The molecule has 0 N–H and O–H groups in total. The van der Waals surface area contributed by atoms with Crippen molar-refractivity contribution in [1.29, 1.82) is 0 Å². The molecule has 0 spiro atoms. The van der Waals surface area contributed by atoms with Gasteiger partial charge in [0.1, 0.15) is 0 Å². The molecule has 1 aromatic rings. The lowest BCUT2D eigenvalue weighted by atomic mass is 10.0. The lowest BCUT2D eigenvalue weighted by molar-refractivity contribution is 0.437. The van der Waals surface area contributed by atoms with E-state index in [2.05, 4.69) is 55.0 Å². The summed E-state index contributed by atoms with van der Waals surface area (Å²) in [4.78, 5) is 3.75. The molecule has 1 aliphatic heterocycles. The number of thioether (sulfide) groups is 2. The van der Waals surface area contributed by atoms with Crippen molar-refractivity contribution in [2.45, 2.75) is 10.8 Å². The van der Waals surface area contributed by atoms with Crippen molar-refractivity contribution in [2.75, 3.05) is 37.9 Å². The van der Waals surface area contributed by atoms with Gasteiger partial charge < -0.3 is 4.90 Å². The number of benzene rings is 1. The van der Waals surface area contributed by atoms with Gasteiger partial charge in [0.25, 0.3) is 0 Å². The number of fused-ring (bicyclic) bond motifs is 1. The van der Waals surface area contributed by atoms with E-state index < -0.39 is 0 Å². The van der Waals surface area contributed by atoms with Crippen LogP contribution in [0, 0.1) is 0 Å². The molecule has 0 aromatic heterocycles. The number of hydrogen-bond acceptors (Lipinski definition) is 3. The van der Waals surface area contributed by atoms with Gasteiger partial charge in [-0.2, -0.15) is 11.8 Å². The molecule has 1 atom stereocenters. The molecule has 3 heteroatoms.